The van der Waals surface area contributed by atoms with E-state index >= 15 is 0 Å². The highest BCUT2D eigenvalue weighted by Crippen LogP contribution is 2.36. The Morgan fingerprint density at radius 1 is 1.21 bits per heavy atom. The normalized spacial score (nSPS) is 12.4. The summed E-state index contributed by atoms with van der Waals surface area (Å²) in [6, 6.07) is 9.89. The summed E-state index contributed by atoms with van der Waals surface area (Å²) in [5.41, 5.74) is 0.400. The SMILES string of the molecule is CCN(C(=O)NC(C)(C)C)C(C)c1nc2ccccc2c(=O)n1-c1cc(OC)cc(OC)c1Br. The van der Waals surface area contributed by atoms with Crippen molar-refractivity contribution in [3.8, 4) is 17.2 Å². The molecule has 0 aliphatic carbocycles. The molecule has 182 valence electrons. The van der Waals surface area contributed by atoms with Crippen molar-refractivity contribution in [3.05, 3.63) is 57.0 Å². The standard InChI is InChI=1S/C25H31BrN4O4/c1-8-29(24(32)28-25(3,4)5)15(2)22-27-18-12-10-9-11-17(18)23(31)30(22)19-13-16(33-6)14-20(34-7)21(19)26/h9-15H,8H2,1-7H3,(H,28,32). The maximum atomic E-state index is 13.8. The molecule has 34 heavy (non-hydrogen) atoms. The van der Waals surface area contributed by atoms with E-state index in [2.05, 4.69) is 21.2 Å². The summed E-state index contributed by atoms with van der Waals surface area (Å²) in [6.45, 7) is 9.96. The summed E-state index contributed by atoms with van der Waals surface area (Å²) in [7, 11) is 3.09. The molecule has 3 aromatic rings. The third-order valence-corrected chi connectivity index (χ3v) is 6.21. The lowest BCUT2D eigenvalue weighted by molar-refractivity contribution is 0.171. The van der Waals surface area contributed by atoms with Gasteiger partial charge in [0.05, 0.1) is 41.3 Å². The monoisotopic (exact) mass is 530 g/mol. The molecule has 2 amide bonds. The predicted octanol–water partition coefficient (Wildman–Crippen LogP) is 5.06. The number of hydrogen-bond acceptors (Lipinski definition) is 5. The van der Waals surface area contributed by atoms with Crippen LogP contribution in [0.2, 0.25) is 0 Å². The van der Waals surface area contributed by atoms with Gasteiger partial charge < -0.3 is 19.7 Å². The molecule has 0 bridgehead atoms. The van der Waals surface area contributed by atoms with Crippen LogP contribution in [-0.4, -0.2) is 46.8 Å². The van der Waals surface area contributed by atoms with Crippen molar-refractivity contribution < 1.29 is 14.3 Å². The average molecular weight is 531 g/mol. The molecule has 0 saturated carbocycles. The first-order valence-electron chi connectivity index (χ1n) is 11.0. The van der Waals surface area contributed by atoms with E-state index in [9.17, 15) is 9.59 Å². The Hall–Kier alpha value is -3.07. The summed E-state index contributed by atoms with van der Waals surface area (Å²) >= 11 is 3.58. The van der Waals surface area contributed by atoms with Crippen LogP contribution in [0.1, 0.15) is 46.5 Å². The van der Waals surface area contributed by atoms with Crippen LogP contribution in [0.25, 0.3) is 16.6 Å². The van der Waals surface area contributed by atoms with Gasteiger partial charge in [-0.2, -0.15) is 0 Å². The third kappa shape index (κ3) is 5.04. The predicted molar refractivity (Wildman–Crippen MR) is 137 cm³/mol. The molecule has 8 nitrogen and oxygen atoms in total. The van der Waals surface area contributed by atoms with Crippen LogP contribution in [0.5, 0.6) is 11.5 Å². The minimum absolute atomic E-state index is 0.237. The van der Waals surface area contributed by atoms with Crippen molar-refractivity contribution in [2.24, 2.45) is 0 Å². The van der Waals surface area contributed by atoms with Gasteiger partial charge in [-0.25, -0.2) is 9.78 Å². The Morgan fingerprint density at radius 3 is 2.47 bits per heavy atom. The number of urea groups is 1. The van der Waals surface area contributed by atoms with Crippen molar-refractivity contribution in [1.29, 1.82) is 0 Å². The first-order chi connectivity index (χ1) is 16.0. The molecule has 1 heterocycles. The fourth-order valence-corrected chi connectivity index (χ4v) is 4.34. The molecule has 9 heteroatoms. The smallest absolute Gasteiger partial charge is 0.318 e. The minimum Gasteiger partial charge on any atom is -0.497 e. The third-order valence-electron chi connectivity index (χ3n) is 5.42. The number of halogens is 1. The molecular formula is C25H31BrN4O4. The number of carbonyl (C=O) groups is 1. The topological polar surface area (TPSA) is 85.7 Å². The summed E-state index contributed by atoms with van der Waals surface area (Å²) in [6.07, 6.45) is 0. The number of aromatic nitrogens is 2. The van der Waals surface area contributed by atoms with Crippen LogP contribution in [0.3, 0.4) is 0 Å². The van der Waals surface area contributed by atoms with Gasteiger partial charge in [0.25, 0.3) is 5.56 Å². The quantitative estimate of drug-likeness (QED) is 0.481. The van der Waals surface area contributed by atoms with E-state index in [1.807, 2.05) is 40.7 Å². The Bertz CT molecular complexity index is 1270. The summed E-state index contributed by atoms with van der Waals surface area (Å²) in [4.78, 5) is 33.4. The second-order valence-corrected chi connectivity index (χ2v) is 9.73. The molecule has 0 radical (unpaired) electrons. The van der Waals surface area contributed by atoms with Crippen LogP contribution in [-0.2, 0) is 0 Å². The Labute approximate surface area is 208 Å². The minimum atomic E-state index is -0.520. The van der Waals surface area contributed by atoms with Crippen molar-refractivity contribution in [2.45, 2.75) is 46.2 Å². The zero-order valence-electron chi connectivity index (χ0n) is 20.6. The van der Waals surface area contributed by atoms with E-state index in [1.165, 1.54) is 4.57 Å². The molecule has 1 aromatic heterocycles. The van der Waals surface area contributed by atoms with E-state index in [0.29, 0.717) is 44.9 Å². The van der Waals surface area contributed by atoms with Crippen LogP contribution >= 0.6 is 15.9 Å². The average Bonchev–Trinajstić information content (AvgIpc) is 2.78. The molecular weight excluding hydrogens is 500 g/mol. The number of carbonyl (C=O) groups excluding carboxylic acids is 1. The lowest BCUT2D eigenvalue weighted by Gasteiger charge is -2.32. The first kappa shape index (κ1) is 25.6. The van der Waals surface area contributed by atoms with Gasteiger partial charge in [0.15, 0.2) is 0 Å². The van der Waals surface area contributed by atoms with Crippen LogP contribution < -0.4 is 20.3 Å². The second-order valence-electron chi connectivity index (χ2n) is 8.93. The van der Waals surface area contributed by atoms with E-state index in [-0.39, 0.29) is 11.6 Å². The summed E-state index contributed by atoms with van der Waals surface area (Å²) in [5.74, 6) is 1.45. The zero-order valence-corrected chi connectivity index (χ0v) is 22.2. The number of rotatable bonds is 6. The molecule has 0 saturated heterocycles. The second kappa shape index (κ2) is 10.0. The number of amides is 2. The molecule has 0 aliphatic rings. The largest absolute Gasteiger partial charge is 0.497 e. The van der Waals surface area contributed by atoms with Gasteiger partial charge >= 0.3 is 6.03 Å². The number of nitrogens with zero attached hydrogens (tertiary/aromatic N) is 3. The highest BCUT2D eigenvalue weighted by Gasteiger charge is 2.29. The summed E-state index contributed by atoms with van der Waals surface area (Å²) in [5, 5.41) is 3.47. The Balaban J connectivity index is 2.33. The number of nitrogens with one attached hydrogen (secondary N) is 1. The zero-order chi connectivity index (χ0) is 25.2. The number of methoxy groups -OCH3 is 2. The number of fused-ring (bicyclic) bond motifs is 1. The van der Waals surface area contributed by atoms with Crippen LogP contribution in [0, 0.1) is 0 Å². The lowest BCUT2D eigenvalue weighted by Crippen LogP contribution is -2.49. The molecule has 0 spiro atoms. The van der Waals surface area contributed by atoms with Crippen LogP contribution in [0.15, 0.2) is 45.7 Å². The van der Waals surface area contributed by atoms with Crippen molar-refractivity contribution in [3.63, 3.8) is 0 Å². The van der Waals surface area contributed by atoms with Crippen molar-refractivity contribution >= 4 is 32.9 Å². The first-order valence-corrected chi connectivity index (χ1v) is 11.8. The van der Waals surface area contributed by atoms with Gasteiger partial charge in [-0.15, -0.1) is 0 Å². The van der Waals surface area contributed by atoms with Crippen LogP contribution in [0.4, 0.5) is 4.79 Å². The number of benzene rings is 2. The number of hydrogen-bond donors (Lipinski definition) is 1. The van der Waals surface area contributed by atoms with Crippen molar-refractivity contribution in [1.82, 2.24) is 19.8 Å². The fraction of sp³-hybridized carbons (Fsp3) is 0.400. The highest BCUT2D eigenvalue weighted by atomic mass is 79.9. The maximum absolute atomic E-state index is 13.8. The van der Waals surface area contributed by atoms with Gasteiger partial charge in [0.2, 0.25) is 0 Å². The molecule has 1 atom stereocenters. The van der Waals surface area contributed by atoms with Gasteiger partial charge in [-0.1, -0.05) is 12.1 Å². The molecule has 0 fully saturated rings. The molecule has 3 rings (SSSR count). The van der Waals surface area contributed by atoms with E-state index in [1.54, 1.807) is 49.5 Å². The van der Waals surface area contributed by atoms with Gasteiger partial charge in [-0.05, 0) is 62.7 Å². The summed E-state index contributed by atoms with van der Waals surface area (Å²) < 4.78 is 13.1. The molecule has 0 aliphatic heterocycles. The highest BCUT2D eigenvalue weighted by molar-refractivity contribution is 9.10. The van der Waals surface area contributed by atoms with Gasteiger partial charge in [0.1, 0.15) is 17.3 Å². The van der Waals surface area contributed by atoms with E-state index in [0.717, 1.165) is 0 Å². The molecule has 1 N–H and O–H groups in total. The van der Waals surface area contributed by atoms with Gasteiger partial charge in [-0.3, -0.25) is 9.36 Å². The van der Waals surface area contributed by atoms with Gasteiger partial charge in [0, 0.05) is 24.2 Å². The maximum Gasteiger partial charge on any atom is 0.318 e. The Kier molecular flexibility index (Phi) is 7.55. The fourth-order valence-electron chi connectivity index (χ4n) is 3.78. The van der Waals surface area contributed by atoms with E-state index in [4.69, 9.17) is 14.5 Å². The van der Waals surface area contributed by atoms with Crippen molar-refractivity contribution in [2.75, 3.05) is 20.8 Å². The Morgan fingerprint density at radius 2 is 1.88 bits per heavy atom. The number of ether oxygens (including phenoxy) is 2. The van der Waals surface area contributed by atoms with E-state index < -0.39 is 11.6 Å². The molecule has 2 aromatic carbocycles. The number of para-hydroxylation sites is 1. The molecule has 1 unspecified atom stereocenters. The lowest BCUT2D eigenvalue weighted by atomic mass is 10.1.